The van der Waals surface area contributed by atoms with Gasteiger partial charge in [0.25, 0.3) is 0 Å². The van der Waals surface area contributed by atoms with Gasteiger partial charge in [-0.05, 0) is 43.4 Å². The summed E-state index contributed by atoms with van der Waals surface area (Å²) in [5.41, 5.74) is 3.58. The van der Waals surface area contributed by atoms with Crippen LogP contribution in [-0.4, -0.2) is 5.91 Å². The molecule has 1 aromatic carbocycles. The van der Waals surface area contributed by atoms with E-state index in [1.165, 1.54) is 30.4 Å². The highest BCUT2D eigenvalue weighted by atomic mass is 16.1. The molecular weight excluding hydrogens is 222 g/mol. The Labute approximate surface area is 112 Å². The summed E-state index contributed by atoms with van der Waals surface area (Å²) >= 11 is 0. The summed E-state index contributed by atoms with van der Waals surface area (Å²) in [6.07, 6.45) is 6.21. The van der Waals surface area contributed by atoms with Crippen LogP contribution in [0.4, 0.5) is 5.69 Å². The molecule has 0 saturated carbocycles. The Morgan fingerprint density at radius 2 is 2.00 bits per heavy atom. The Hall–Kier alpha value is -1.31. The average molecular weight is 249 g/mol. The zero-order valence-electron chi connectivity index (χ0n) is 11.9. The number of hydrogen-bond donors (Lipinski definition) is 1. The number of nitrogens with one attached hydrogen (secondary N) is 1. The number of carbonyl (C=O) groups excluding carboxylic acids is 1. The molecule has 0 aliphatic rings. The molecular formula is C16H27NO. The molecule has 0 aliphatic carbocycles. The fourth-order valence-electron chi connectivity index (χ4n) is 2.14. The maximum Gasteiger partial charge on any atom is 0.224 e. The summed E-state index contributed by atoms with van der Waals surface area (Å²) in [5, 5.41) is 3.04. The molecule has 2 nitrogen and oxygen atoms in total. The van der Waals surface area contributed by atoms with Crippen molar-refractivity contribution < 1.29 is 6.22 Å². The Balaban J connectivity index is 0.00000324. The lowest BCUT2D eigenvalue weighted by Crippen LogP contribution is -2.12. The third-order valence-corrected chi connectivity index (χ3v) is 3.19. The van der Waals surface area contributed by atoms with Crippen LogP contribution in [-0.2, 0) is 11.2 Å². The van der Waals surface area contributed by atoms with Crippen molar-refractivity contribution in [3.8, 4) is 0 Å². The predicted octanol–water partition coefficient (Wildman–Crippen LogP) is 4.71. The van der Waals surface area contributed by atoms with Gasteiger partial charge in [-0.15, -0.1) is 0 Å². The highest BCUT2D eigenvalue weighted by molar-refractivity contribution is 5.91. The first-order valence-electron chi connectivity index (χ1n) is 7.07. The minimum absolute atomic E-state index is 0. The van der Waals surface area contributed by atoms with Gasteiger partial charge in [0.1, 0.15) is 0 Å². The molecule has 0 radical (unpaired) electrons. The summed E-state index contributed by atoms with van der Waals surface area (Å²) < 4.78 is 0. The van der Waals surface area contributed by atoms with Gasteiger partial charge in [0.2, 0.25) is 5.91 Å². The van der Waals surface area contributed by atoms with E-state index >= 15 is 0 Å². The molecule has 0 heterocycles. The summed E-state index contributed by atoms with van der Waals surface area (Å²) in [7, 11) is 0. The van der Waals surface area contributed by atoms with Gasteiger partial charge in [-0.2, -0.15) is 0 Å². The third kappa shape index (κ3) is 4.52. The van der Waals surface area contributed by atoms with Crippen molar-refractivity contribution in [2.75, 3.05) is 5.32 Å². The largest absolute Gasteiger partial charge is 0.326 e. The van der Waals surface area contributed by atoms with Crippen molar-refractivity contribution in [3.05, 3.63) is 29.3 Å². The van der Waals surface area contributed by atoms with Gasteiger partial charge < -0.3 is 5.32 Å². The first kappa shape index (κ1) is 14.7. The fourth-order valence-corrected chi connectivity index (χ4v) is 2.14. The molecule has 1 rings (SSSR count). The molecule has 0 aromatic heterocycles. The van der Waals surface area contributed by atoms with Crippen molar-refractivity contribution in [1.29, 1.82) is 0 Å². The topological polar surface area (TPSA) is 29.1 Å². The number of carbonyl (C=O) groups is 1. The molecule has 1 amide bonds. The van der Waals surface area contributed by atoms with Crippen LogP contribution in [0.5, 0.6) is 0 Å². The molecule has 0 bridgehead atoms. The van der Waals surface area contributed by atoms with Crippen LogP contribution >= 0.6 is 0 Å². The standard InChI is InChI=1S/C16H25NO.H2/c1-4-6-7-11-14-13(3)10-8-12-15(14)17-16(18)9-5-2;/h8,10,12H,4-7,9,11H2,1-3H3,(H,17,18);1H. The molecule has 18 heavy (non-hydrogen) atoms. The molecule has 0 unspecified atom stereocenters. The Morgan fingerprint density at radius 3 is 2.67 bits per heavy atom. The van der Waals surface area contributed by atoms with E-state index in [9.17, 15) is 4.79 Å². The van der Waals surface area contributed by atoms with Gasteiger partial charge in [0.05, 0.1) is 0 Å². The number of hydrogen-bond acceptors (Lipinski definition) is 1. The van der Waals surface area contributed by atoms with Gasteiger partial charge in [-0.3, -0.25) is 4.79 Å². The maximum absolute atomic E-state index is 11.7. The number of amides is 1. The molecule has 102 valence electrons. The molecule has 0 atom stereocenters. The Kier molecular flexibility index (Phi) is 6.48. The van der Waals surface area contributed by atoms with Crippen LogP contribution in [0.15, 0.2) is 18.2 Å². The van der Waals surface area contributed by atoms with E-state index in [0.717, 1.165) is 18.5 Å². The Morgan fingerprint density at radius 1 is 1.22 bits per heavy atom. The lowest BCUT2D eigenvalue weighted by molar-refractivity contribution is -0.116. The van der Waals surface area contributed by atoms with E-state index in [4.69, 9.17) is 0 Å². The second-order valence-electron chi connectivity index (χ2n) is 4.86. The molecule has 0 fully saturated rings. The summed E-state index contributed by atoms with van der Waals surface area (Å²) in [6.45, 7) is 6.36. The second kappa shape index (κ2) is 7.91. The van der Waals surface area contributed by atoms with Crippen LogP contribution in [0.1, 0.15) is 58.5 Å². The molecule has 0 spiro atoms. The average Bonchev–Trinajstić information content (AvgIpc) is 2.33. The normalized spacial score (nSPS) is 10.4. The third-order valence-electron chi connectivity index (χ3n) is 3.19. The van der Waals surface area contributed by atoms with E-state index < -0.39 is 0 Å². The number of aryl methyl sites for hydroxylation is 1. The van der Waals surface area contributed by atoms with Gasteiger partial charge in [-0.1, -0.05) is 38.8 Å². The van der Waals surface area contributed by atoms with Crippen LogP contribution in [0.3, 0.4) is 0 Å². The summed E-state index contributed by atoms with van der Waals surface area (Å²) in [6, 6.07) is 6.15. The van der Waals surface area contributed by atoms with Gasteiger partial charge in [0.15, 0.2) is 0 Å². The van der Waals surface area contributed by atoms with Crippen molar-refractivity contribution in [2.45, 2.75) is 59.3 Å². The van der Waals surface area contributed by atoms with Crippen LogP contribution in [0.2, 0.25) is 0 Å². The molecule has 2 heteroatoms. The highest BCUT2D eigenvalue weighted by Crippen LogP contribution is 2.22. The molecule has 0 saturated heterocycles. The minimum atomic E-state index is 0. The number of anilines is 1. The molecule has 1 aromatic rings. The Bertz CT molecular complexity index is 390. The zero-order valence-corrected chi connectivity index (χ0v) is 11.9. The number of rotatable bonds is 7. The van der Waals surface area contributed by atoms with E-state index in [1.54, 1.807) is 0 Å². The van der Waals surface area contributed by atoms with Crippen molar-refractivity contribution in [3.63, 3.8) is 0 Å². The quantitative estimate of drug-likeness (QED) is 0.696. The first-order valence-corrected chi connectivity index (χ1v) is 7.07. The smallest absolute Gasteiger partial charge is 0.224 e. The predicted molar refractivity (Wildman–Crippen MR) is 80.1 cm³/mol. The minimum Gasteiger partial charge on any atom is -0.326 e. The molecule has 0 aliphatic heterocycles. The van der Waals surface area contributed by atoms with Crippen LogP contribution in [0.25, 0.3) is 0 Å². The van der Waals surface area contributed by atoms with E-state index in [1.807, 2.05) is 19.1 Å². The summed E-state index contributed by atoms with van der Waals surface area (Å²) in [4.78, 5) is 11.7. The van der Waals surface area contributed by atoms with E-state index in [0.29, 0.717) is 6.42 Å². The van der Waals surface area contributed by atoms with Crippen molar-refractivity contribution in [2.24, 2.45) is 0 Å². The van der Waals surface area contributed by atoms with E-state index in [2.05, 4.69) is 25.2 Å². The highest BCUT2D eigenvalue weighted by Gasteiger charge is 2.08. The van der Waals surface area contributed by atoms with Gasteiger partial charge >= 0.3 is 0 Å². The van der Waals surface area contributed by atoms with Gasteiger partial charge in [0, 0.05) is 13.5 Å². The fraction of sp³-hybridized carbons (Fsp3) is 0.562. The summed E-state index contributed by atoms with van der Waals surface area (Å²) in [5.74, 6) is 0.125. The number of benzene rings is 1. The van der Waals surface area contributed by atoms with Crippen LogP contribution in [0, 0.1) is 6.92 Å². The monoisotopic (exact) mass is 249 g/mol. The van der Waals surface area contributed by atoms with Gasteiger partial charge in [-0.25, -0.2) is 0 Å². The van der Waals surface area contributed by atoms with Crippen molar-refractivity contribution in [1.82, 2.24) is 0 Å². The lowest BCUT2D eigenvalue weighted by atomic mass is 10.00. The lowest BCUT2D eigenvalue weighted by Gasteiger charge is -2.13. The maximum atomic E-state index is 11.7. The van der Waals surface area contributed by atoms with Crippen molar-refractivity contribution >= 4 is 11.6 Å². The van der Waals surface area contributed by atoms with Crippen LogP contribution < -0.4 is 5.32 Å². The SMILES string of the molecule is CCCCCc1c(C)cccc1NC(=O)CCC.[HH]. The number of unbranched alkanes of at least 4 members (excludes halogenated alkanes) is 2. The van der Waals surface area contributed by atoms with E-state index in [-0.39, 0.29) is 7.33 Å². The molecule has 1 N–H and O–H groups in total. The zero-order chi connectivity index (χ0) is 13.4. The second-order valence-corrected chi connectivity index (χ2v) is 4.86. The first-order chi connectivity index (χ1) is 8.69.